The first kappa shape index (κ1) is 40.7. The molecule has 0 rings (SSSR count). The summed E-state index contributed by atoms with van der Waals surface area (Å²) in [5.74, 6) is 1.19. The molecular formula is C36H74N2O2S. The molecule has 0 aromatic rings. The number of unbranched alkanes of at least 4 members (excludes halogenated alkanes) is 17. The normalized spacial score (nSPS) is 11.7. The van der Waals surface area contributed by atoms with Gasteiger partial charge in [-0.3, -0.25) is 9.52 Å². The minimum absolute atomic E-state index is 0.0528. The highest BCUT2D eigenvalue weighted by Crippen LogP contribution is 2.18. The van der Waals surface area contributed by atoms with Gasteiger partial charge in [0.05, 0.1) is 0 Å². The molecule has 0 saturated carbocycles. The van der Waals surface area contributed by atoms with Crippen LogP contribution in [0.5, 0.6) is 0 Å². The van der Waals surface area contributed by atoms with Crippen LogP contribution in [0.2, 0.25) is 0 Å². The van der Waals surface area contributed by atoms with Gasteiger partial charge >= 0.3 is 5.97 Å². The van der Waals surface area contributed by atoms with Crippen LogP contribution in [-0.4, -0.2) is 48.9 Å². The van der Waals surface area contributed by atoms with Crippen LogP contribution in [0.1, 0.15) is 188 Å². The Balaban J connectivity index is 4.16. The molecular weight excluding hydrogens is 524 g/mol. The van der Waals surface area contributed by atoms with Gasteiger partial charge < -0.3 is 9.64 Å². The van der Waals surface area contributed by atoms with Crippen molar-refractivity contribution in [3.05, 3.63) is 0 Å². The molecule has 0 aliphatic carbocycles. The third-order valence-corrected chi connectivity index (χ3v) is 8.94. The lowest BCUT2D eigenvalue weighted by Crippen LogP contribution is -2.29. The van der Waals surface area contributed by atoms with E-state index in [1.54, 1.807) is 0 Å². The third kappa shape index (κ3) is 31.0. The van der Waals surface area contributed by atoms with Crippen molar-refractivity contribution in [3.63, 3.8) is 0 Å². The van der Waals surface area contributed by atoms with Crippen molar-refractivity contribution in [3.8, 4) is 0 Å². The van der Waals surface area contributed by atoms with Crippen LogP contribution >= 0.6 is 11.9 Å². The first-order valence-electron chi connectivity index (χ1n) is 18.4. The molecule has 41 heavy (non-hydrogen) atoms. The van der Waals surface area contributed by atoms with Crippen molar-refractivity contribution in [2.45, 2.75) is 194 Å². The first-order chi connectivity index (χ1) is 20.2. The molecule has 5 heteroatoms. The lowest BCUT2D eigenvalue weighted by atomic mass is 10.0. The summed E-state index contributed by atoms with van der Waals surface area (Å²) in [4.78, 5) is 15.3. The van der Waals surface area contributed by atoms with Gasteiger partial charge in [-0.05, 0) is 71.0 Å². The van der Waals surface area contributed by atoms with Crippen molar-refractivity contribution in [1.82, 2.24) is 9.62 Å². The Kier molecular flexibility index (Phi) is 34.0. The van der Waals surface area contributed by atoms with Crippen LogP contribution in [0.3, 0.4) is 0 Å². The molecule has 0 spiro atoms. The molecule has 0 fully saturated rings. The second-order valence-corrected chi connectivity index (χ2v) is 13.5. The van der Waals surface area contributed by atoms with Gasteiger partial charge in [0, 0.05) is 18.7 Å². The maximum Gasteiger partial charge on any atom is 0.306 e. The lowest BCUT2D eigenvalue weighted by Gasteiger charge is -2.22. The first-order valence-corrected chi connectivity index (χ1v) is 19.4. The zero-order valence-corrected chi connectivity index (χ0v) is 29.3. The number of ether oxygens (including phenoxy) is 1. The highest BCUT2D eigenvalue weighted by Gasteiger charge is 2.14. The maximum absolute atomic E-state index is 12.6. The number of hydrogen-bond acceptors (Lipinski definition) is 5. The van der Waals surface area contributed by atoms with Crippen molar-refractivity contribution >= 4 is 17.9 Å². The predicted octanol–water partition coefficient (Wildman–Crippen LogP) is 11.3. The lowest BCUT2D eigenvalue weighted by molar-refractivity contribution is -0.150. The molecule has 0 saturated heterocycles. The van der Waals surface area contributed by atoms with E-state index in [4.69, 9.17) is 4.74 Å². The molecule has 0 aliphatic heterocycles. The monoisotopic (exact) mass is 599 g/mol. The number of nitrogens with one attached hydrogen (secondary N) is 1. The molecule has 0 aromatic carbocycles. The van der Waals surface area contributed by atoms with Crippen molar-refractivity contribution in [2.75, 3.05) is 31.9 Å². The molecule has 0 atom stereocenters. The van der Waals surface area contributed by atoms with E-state index in [0.717, 1.165) is 38.0 Å². The maximum atomic E-state index is 12.6. The van der Waals surface area contributed by atoms with Gasteiger partial charge in [-0.1, -0.05) is 142 Å². The Morgan fingerprint density at radius 3 is 1.54 bits per heavy atom. The Morgan fingerprint density at radius 2 is 1.02 bits per heavy atom. The smallest absolute Gasteiger partial charge is 0.306 e. The second kappa shape index (κ2) is 34.2. The fourth-order valence-corrected chi connectivity index (χ4v) is 6.09. The molecule has 246 valence electrons. The van der Waals surface area contributed by atoms with E-state index >= 15 is 0 Å². The Bertz CT molecular complexity index is 506. The van der Waals surface area contributed by atoms with Crippen molar-refractivity contribution in [1.29, 1.82) is 0 Å². The average molecular weight is 599 g/mol. The van der Waals surface area contributed by atoms with Crippen molar-refractivity contribution < 1.29 is 9.53 Å². The molecule has 4 nitrogen and oxygen atoms in total. The van der Waals surface area contributed by atoms with E-state index in [2.05, 4.69) is 37.3 Å². The summed E-state index contributed by atoms with van der Waals surface area (Å²) in [6.45, 7) is 13.8. The molecule has 1 N–H and O–H groups in total. The number of carbonyl (C=O) groups excluding carboxylic acids is 1. The van der Waals surface area contributed by atoms with Gasteiger partial charge in [0.2, 0.25) is 0 Å². The Morgan fingerprint density at radius 1 is 0.585 bits per heavy atom. The van der Waals surface area contributed by atoms with E-state index in [1.807, 2.05) is 11.9 Å². The molecule has 0 amide bonds. The third-order valence-electron chi connectivity index (χ3n) is 8.24. The Hall–Kier alpha value is -0.260. The van der Waals surface area contributed by atoms with Gasteiger partial charge in [-0.25, -0.2) is 0 Å². The van der Waals surface area contributed by atoms with E-state index < -0.39 is 0 Å². The topological polar surface area (TPSA) is 41.6 Å². The SMILES string of the molecule is CCCCCCCCN(CCCCCCCC(=O)OC(CCCCCCC)CCCCCCC)CCCNSCC. The zero-order chi connectivity index (χ0) is 30.1. The van der Waals surface area contributed by atoms with Crippen LogP contribution in [-0.2, 0) is 9.53 Å². The quantitative estimate of drug-likeness (QED) is 0.0453. The minimum Gasteiger partial charge on any atom is -0.462 e. The van der Waals surface area contributed by atoms with Crippen LogP contribution in [0.25, 0.3) is 0 Å². The van der Waals surface area contributed by atoms with E-state index in [-0.39, 0.29) is 12.1 Å². The molecule has 0 bridgehead atoms. The summed E-state index contributed by atoms with van der Waals surface area (Å²) >= 11 is 1.83. The van der Waals surface area contributed by atoms with Gasteiger partial charge in [-0.15, -0.1) is 0 Å². The number of rotatable bonds is 34. The number of nitrogens with zero attached hydrogens (tertiary/aromatic N) is 1. The van der Waals surface area contributed by atoms with Gasteiger partial charge in [0.1, 0.15) is 6.10 Å². The van der Waals surface area contributed by atoms with Crippen molar-refractivity contribution in [2.24, 2.45) is 0 Å². The van der Waals surface area contributed by atoms with Gasteiger partial charge in [-0.2, -0.15) is 0 Å². The molecule has 0 radical (unpaired) electrons. The second-order valence-electron chi connectivity index (χ2n) is 12.3. The summed E-state index contributed by atoms with van der Waals surface area (Å²) < 4.78 is 9.48. The van der Waals surface area contributed by atoms with Crippen LogP contribution < -0.4 is 4.72 Å². The fourth-order valence-electron chi connectivity index (χ4n) is 5.59. The van der Waals surface area contributed by atoms with Crippen LogP contribution in [0.15, 0.2) is 0 Å². The summed E-state index contributed by atoms with van der Waals surface area (Å²) in [6.07, 6.45) is 31.2. The van der Waals surface area contributed by atoms with Gasteiger partial charge in [0.15, 0.2) is 0 Å². The number of carbonyl (C=O) groups is 1. The summed E-state index contributed by atoms with van der Waals surface area (Å²) in [6, 6.07) is 0. The molecule has 0 aromatic heterocycles. The summed E-state index contributed by atoms with van der Waals surface area (Å²) in [7, 11) is 0. The number of hydrogen-bond donors (Lipinski definition) is 1. The molecule has 0 unspecified atom stereocenters. The van der Waals surface area contributed by atoms with E-state index in [1.165, 1.54) is 148 Å². The predicted molar refractivity (Wildman–Crippen MR) is 185 cm³/mol. The average Bonchev–Trinajstić information content (AvgIpc) is 2.97. The molecule has 0 aliphatic rings. The Labute approximate surface area is 262 Å². The minimum atomic E-state index is 0.0528. The largest absolute Gasteiger partial charge is 0.462 e. The zero-order valence-electron chi connectivity index (χ0n) is 28.5. The fraction of sp³-hybridized carbons (Fsp3) is 0.972. The standard InChI is InChI=1S/C36H74N2O2S/c1-5-9-12-15-20-25-32-38(34-27-31-37-41-8-4)33-26-21-16-19-24-30-36(39)40-35(28-22-17-13-10-6-2)29-23-18-14-11-7-3/h35,37H,5-34H2,1-4H3. The van der Waals surface area contributed by atoms with Crippen LogP contribution in [0.4, 0.5) is 0 Å². The van der Waals surface area contributed by atoms with E-state index in [9.17, 15) is 4.79 Å². The highest BCUT2D eigenvalue weighted by molar-refractivity contribution is 7.97. The van der Waals surface area contributed by atoms with Crippen LogP contribution in [0, 0.1) is 0 Å². The summed E-state index contributed by atoms with van der Waals surface area (Å²) in [5, 5.41) is 0. The molecule has 0 heterocycles. The van der Waals surface area contributed by atoms with E-state index in [0.29, 0.717) is 6.42 Å². The highest BCUT2D eigenvalue weighted by atomic mass is 32.2. The van der Waals surface area contributed by atoms with Gasteiger partial charge in [0.25, 0.3) is 0 Å². The number of esters is 1. The summed E-state index contributed by atoms with van der Waals surface area (Å²) in [5.41, 5.74) is 0.